The first-order valence-electron chi connectivity index (χ1n) is 7.47. The number of nitrogens with zero attached hydrogens (tertiary/aromatic N) is 2. The SMILES string of the molecule is CCCc1nc(C(CC)(CC)OCC)nc(NC)c1Br. The topological polar surface area (TPSA) is 47.0 Å². The first-order valence-corrected chi connectivity index (χ1v) is 8.26. The molecule has 0 saturated carbocycles. The summed E-state index contributed by atoms with van der Waals surface area (Å²) >= 11 is 3.60. The van der Waals surface area contributed by atoms with Crippen molar-refractivity contribution in [2.24, 2.45) is 0 Å². The van der Waals surface area contributed by atoms with Crippen LogP contribution in [0.4, 0.5) is 5.82 Å². The lowest BCUT2D eigenvalue weighted by Gasteiger charge is -2.30. The smallest absolute Gasteiger partial charge is 0.162 e. The van der Waals surface area contributed by atoms with Crippen LogP contribution in [-0.4, -0.2) is 23.6 Å². The molecule has 1 aromatic heterocycles. The average molecular weight is 344 g/mol. The molecule has 0 spiro atoms. The van der Waals surface area contributed by atoms with Gasteiger partial charge in [-0.2, -0.15) is 0 Å². The lowest BCUT2D eigenvalue weighted by molar-refractivity contribution is -0.0572. The minimum atomic E-state index is -0.385. The molecule has 1 N–H and O–H groups in total. The van der Waals surface area contributed by atoms with Gasteiger partial charge in [-0.3, -0.25) is 0 Å². The Labute approximate surface area is 130 Å². The number of hydrogen-bond donors (Lipinski definition) is 1. The Morgan fingerprint density at radius 2 is 1.80 bits per heavy atom. The molecule has 5 heteroatoms. The second-order valence-corrected chi connectivity index (χ2v) is 5.58. The number of ether oxygens (including phenoxy) is 1. The maximum absolute atomic E-state index is 6.02. The van der Waals surface area contributed by atoms with Crippen molar-refractivity contribution < 1.29 is 4.74 Å². The van der Waals surface area contributed by atoms with Crippen LogP contribution in [0, 0.1) is 0 Å². The van der Waals surface area contributed by atoms with Gasteiger partial charge >= 0.3 is 0 Å². The number of hydrogen-bond acceptors (Lipinski definition) is 4. The van der Waals surface area contributed by atoms with Gasteiger partial charge in [0.15, 0.2) is 5.82 Å². The van der Waals surface area contributed by atoms with Crippen LogP contribution in [-0.2, 0) is 16.8 Å². The van der Waals surface area contributed by atoms with Gasteiger partial charge < -0.3 is 10.1 Å². The number of nitrogens with one attached hydrogen (secondary N) is 1. The Morgan fingerprint density at radius 1 is 1.15 bits per heavy atom. The van der Waals surface area contributed by atoms with Gasteiger partial charge in [-0.25, -0.2) is 9.97 Å². The molecule has 0 aromatic carbocycles. The minimum absolute atomic E-state index is 0.385. The second kappa shape index (κ2) is 7.93. The Balaban J connectivity index is 3.38. The third kappa shape index (κ3) is 3.50. The molecule has 1 aromatic rings. The van der Waals surface area contributed by atoms with Crippen LogP contribution in [0.2, 0.25) is 0 Å². The molecule has 0 aliphatic heterocycles. The predicted molar refractivity (Wildman–Crippen MR) is 87.2 cm³/mol. The molecule has 1 heterocycles. The first-order chi connectivity index (χ1) is 9.58. The van der Waals surface area contributed by atoms with Crippen LogP contribution in [0.15, 0.2) is 4.47 Å². The summed E-state index contributed by atoms with van der Waals surface area (Å²) in [7, 11) is 1.88. The Bertz CT molecular complexity index is 433. The summed E-state index contributed by atoms with van der Waals surface area (Å²) in [6.07, 6.45) is 3.72. The molecule has 20 heavy (non-hydrogen) atoms. The van der Waals surface area contributed by atoms with E-state index in [1.807, 2.05) is 14.0 Å². The third-order valence-electron chi connectivity index (χ3n) is 3.61. The highest BCUT2D eigenvalue weighted by Crippen LogP contribution is 2.34. The van der Waals surface area contributed by atoms with Gasteiger partial charge in [0, 0.05) is 13.7 Å². The third-order valence-corrected chi connectivity index (χ3v) is 4.45. The van der Waals surface area contributed by atoms with E-state index < -0.39 is 0 Å². The van der Waals surface area contributed by atoms with Gasteiger partial charge in [0.25, 0.3) is 0 Å². The van der Waals surface area contributed by atoms with E-state index in [2.05, 4.69) is 47.0 Å². The standard InChI is InChI=1S/C15H26BrN3O/c1-6-10-11-12(16)13(17-5)19-14(18-11)15(7-2,8-3)20-9-4/h6-10H2,1-5H3,(H,17,18,19). The van der Waals surface area contributed by atoms with Crippen molar-refractivity contribution in [2.75, 3.05) is 19.0 Å². The highest BCUT2D eigenvalue weighted by atomic mass is 79.9. The molecule has 1 rings (SSSR count). The van der Waals surface area contributed by atoms with Gasteiger partial charge in [-0.1, -0.05) is 27.2 Å². The summed E-state index contributed by atoms with van der Waals surface area (Å²) in [5, 5.41) is 3.14. The summed E-state index contributed by atoms with van der Waals surface area (Å²) in [6.45, 7) is 9.10. The molecule has 0 saturated heterocycles. The Morgan fingerprint density at radius 3 is 2.25 bits per heavy atom. The number of aromatic nitrogens is 2. The molecular weight excluding hydrogens is 318 g/mol. The van der Waals surface area contributed by atoms with Crippen LogP contribution < -0.4 is 5.32 Å². The van der Waals surface area contributed by atoms with Crippen LogP contribution in [0.1, 0.15) is 58.5 Å². The van der Waals surface area contributed by atoms with Crippen molar-refractivity contribution in [3.63, 3.8) is 0 Å². The van der Waals surface area contributed by atoms with Gasteiger partial charge in [-0.05, 0) is 42.1 Å². The van der Waals surface area contributed by atoms with Gasteiger partial charge in [0.2, 0.25) is 0 Å². The van der Waals surface area contributed by atoms with E-state index in [1.165, 1.54) is 0 Å². The number of halogens is 1. The highest BCUT2D eigenvalue weighted by molar-refractivity contribution is 9.10. The lowest BCUT2D eigenvalue weighted by atomic mass is 9.95. The van der Waals surface area contributed by atoms with Gasteiger partial charge in [0.05, 0.1) is 10.2 Å². The molecule has 0 radical (unpaired) electrons. The summed E-state index contributed by atoms with van der Waals surface area (Å²) < 4.78 is 6.98. The van der Waals surface area contributed by atoms with Crippen molar-refractivity contribution in [1.82, 2.24) is 9.97 Å². The van der Waals surface area contributed by atoms with Crippen LogP contribution in [0.25, 0.3) is 0 Å². The van der Waals surface area contributed by atoms with E-state index >= 15 is 0 Å². The van der Waals surface area contributed by atoms with Crippen molar-refractivity contribution >= 4 is 21.7 Å². The monoisotopic (exact) mass is 343 g/mol. The molecule has 0 unspecified atom stereocenters. The van der Waals surface area contributed by atoms with E-state index in [9.17, 15) is 0 Å². The maximum atomic E-state index is 6.02. The van der Waals surface area contributed by atoms with E-state index in [4.69, 9.17) is 9.72 Å². The zero-order chi connectivity index (χ0) is 15.2. The molecule has 4 nitrogen and oxygen atoms in total. The van der Waals surface area contributed by atoms with Crippen molar-refractivity contribution in [3.8, 4) is 0 Å². The van der Waals surface area contributed by atoms with E-state index in [1.54, 1.807) is 0 Å². The predicted octanol–water partition coefficient (Wildman–Crippen LogP) is 4.29. The molecule has 0 atom stereocenters. The summed E-state index contributed by atoms with van der Waals surface area (Å²) in [4.78, 5) is 9.45. The van der Waals surface area contributed by atoms with E-state index in [0.29, 0.717) is 6.61 Å². The molecule has 0 fully saturated rings. The van der Waals surface area contributed by atoms with E-state index in [-0.39, 0.29) is 5.60 Å². The normalized spacial score (nSPS) is 11.7. The Hall–Kier alpha value is -0.680. The van der Waals surface area contributed by atoms with Crippen molar-refractivity contribution in [2.45, 2.75) is 59.0 Å². The first kappa shape index (κ1) is 17.4. The van der Waals surface area contributed by atoms with Gasteiger partial charge in [0.1, 0.15) is 11.4 Å². The molecular formula is C15H26BrN3O. The van der Waals surface area contributed by atoms with Crippen LogP contribution >= 0.6 is 15.9 Å². The molecule has 0 aliphatic carbocycles. The van der Waals surface area contributed by atoms with Crippen LogP contribution in [0.5, 0.6) is 0 Å². The number of rotatable bonds is 8. The highest BCUT2D eigenvalue weighted by Gasteiger charge is 2.33. The second-order valence-electron chi connectivity index (χ2n) is 4.79. The zero-order valence-corrected chi connectivity index (χ0v) is 14.8. The van der Waals surface area contributed by atoms with Crippen molar-refractivity contribution in [1.29, 1.82) is 0 Å². The summed E-state index contributed by atoms with van der Waals surface area (Å²) in [6, 6.07) is 0. The quantitative estimate of drug-likeness (QED) is 0.764. The van der Waals surface area contributed by atoms with Gasteiger partial charge in [-0.15, -0.1) is 0 Å². The number of aryl methyl sites for hydroxylation is 1. The minimum Gasteiger partial charge on any atom is -0.372 e. The van der Waals surface area contributed by atoms with E-state index in [0.717, 1.165) is 47.5 Å². The van der Waals surface area contributed by atoms with Crippen LogP contribution in [0.3, 0.4) is 0 Å². The largest absolute Gasteiger partial charge is 0.372 e. The zero-order valence-electron chi connectivity index (χ0n) is 13.2. The Kier molecular flexibility index (Phi) is 6.89. The average Bonchev–Trinajstić information content (AvgIpc) is 2.47. The molecule has 0 amide bonds. The molecule has 0 aliphatic rings. The fourth-order valence-electron chi connectivity index (χ4n) is 2.38. The molecule has 114 valence electrons. The fraction of sp³-hybridized carbons (Fsp3) is 0.733. The fourth-order valence-corrected chi connectivity index (χ4v) is 2.95. The molecule has 0 bridgehead atoms. The summed E-state index contributed by atoms with van der Waals surface area (Å²) in [5.41, 5.74) is 0.664. The maximum Gasteiger partial charge on any atom is 0.162 e. The summed E-state index contributed by atoms with van der Waals surface area (Å²) in [5.74, 6) is 1.63. The number of anilines is 1. The lowest BCUT2D eigenvalue weighted by Crippen LogP contribution is -2.31. The van der Waals surface area contributed by atoms with Crippen molar-refractivity contribution in [3.05, 3.63) is 16.0 Å².